The molecule has 0 aliphatic carbocycles. The lowest BCUT2D eigenvalue weighted by Crippen LogP contribution is -2.27. The van der Waals surface area contributed by atoms with Crippen LogP contribution >= 0.6 is 0 Å². The monoisotopic (exact) mass is 310 g/mol. The number of nitrogens with zero attached hydrogens (tertiary/aromatic N) is 5. The summed E-state index contributed by atoms with van der Waals surface area (Å²) in [5.41, 5.74) is 0.572. The normalized spacial score (nSPS) is 10.6. The van der Waals surface area contributed by atoms with Gasteiger partial charge in [-0.15, -0.1) is 0 Å². The van der Waals surface area contributed by atoms with Crippen molar-refractivity contribution in [1.29, 1.82) is 0 Å². The van der Waals surface area contributed by atoms with Gasteiger partial charge in [-0.1, -0.05) is 5.16 Å². The second kappa shape index (κ2) is 6.76. The molecule has 1 N–H and O–H groups in total. The second-order valence-corrected chi connectivity index (χ2v) is 4.32. The fourth-order valence-electron chi connectivity index (χ4n) is 1.63. The van der Waals surface area contributed by atoms with Crippen molar-refractivity contribution in [1.82, 2.24) is 25.2 Å². The highest BCUT2D eigenvalue weighted by atomic mass is 16.6. The largest absolute Gasteiger partial charge is 0.390 e. The Kier molecular flexibility index (Phi) is 4.78. The number of hydrogen-bond acceptors (Lipinski definition) is 8. The smallest absolute Gasteiger partial charge is 0.383 e. The minimum absolute atomic E-state index is 0.0640. The number of carbonyl (C=O) groups is 1. The van der Waals surface area contributed by atoms with Gasteiger partial charge in [-0.2, -0.15) is 9.67 Å². The Morgan fingerprint density at radius 3 is 3.00 bits per heavy atom. The van der Waals surface area contributed by atoms with Gasteiger partial charge in [-0.25, -0.2) is 0 Å². The minimum Gasteiger partial charge on any atom is -0.383 e. The molecule has 0 radical (unpaired) electrons. The molecule has 2 rings (SSSR count). The molecular formula is C11H14N6O5. The number of aryl methyl sites for hydroxylation is 1. The van der Waals surface area contributed by atoms with E-state index in [2.05, 4.69) is 20.6 Å². The van der Waals surface area contributed by atoms with Gasteiger partial charge >= 0.3 is 17.6 Å². The van der Waals surface area contributed by atoms with Gasteiger partial charge in [0.15, 0.2) is 5.82 Å². The van der Waals surface area contributed by atoms with E-state index in [-0.39, 0.29) is 24.1 Å². The van der Waals surface area contributed by atoms with Crippen molar-refractivity contribution in [3.05, 3.63) is 33.6 Å². The first kappa shape index (κ1) is 15.6. The molecular weight excluding hydrogens is 296 g/mol. The maximum Gasteiger partial charge on any atom is 0.390 e. The summed E-state index contributed by atoms with van der Waals surface area (Å²) in [7, 11) is 1.52. The Morgan fingerprint density at radius 2 is 2.36 bits per heavy atom. The zero-order chi connectivity index (χ0) is 16.1. The fourth-order valence-corrected chi connectivity index (χ4v) is 1.63. The average molecular weight is 310 g/mol. The van der Waals surface area contributed by atoms with E-state index >= 15 is 0 Å². The van der Waals surface area contributed by atoms with Crippen LogP contribution in [0.3, 0.4) is 0 Å². The van der Waals surface area contributed by atoms with E-state index in [1.54, 1.807) is 6.92 Å². The van der Waals surface area contributed by atoms with Crippen molar-refractivity contribution < 1.29 is 19.0 Å². The molecule has 0 aliphatic heterocycles. The highest BCUT2D eigenvalue weighted by Gasteiger charge is 2.19. The van der Waals surface area contributed by atoms with E-state index in [0.29, 0.717) is 18.8 Å². The molecule has 0 saturated heterocycles. The van der Waals surface area contributed by atoms with Crippen LogP contribution in [0, 0.1) is 17.0 Å². The molecule has 0 saturated carbocycles. The number of carbonyl (C=O) groups excluding carboxylic acids is 1. The van der Waals surface area contributed by atoms with Crippen LogP contribution < -0.4 is 5.32 Å². The van der Waals surface area contributed by atoms with Gasteiger partial charge in [0.05, 0.1) is 23.5 Å². The quantitative estimate of drug-likeness (QED) is 0.425. The predicted octanol–water partition coefficient (Wildman–Crippen LogP) is -0.0928. The topological polar surface area (TPSA) is 138 Å². The van der Waals surface area contributed by atoms with E-state index in [9.17, 15) is 14.9 Å². The Bertz CT molecular complexity index is 678. The van der Waals surface area contributed by atoms with Crippen molar-refractivity contribution in [3.63, 3.8) is 0 Å². The number of ether oxygens (including phenoxy) is 1. The number of amides is 1. The Labute approximate surface area is 124 Å². The summed E-state index contributed by atoms with van der Waals surface area (Å²) >= 11 is 0. The summed E-state index contributed by atoms with van der Waals surface area (Å²) < 4.78 is 11.0. The highest BCUT2D eigenvalue weighted by molar-refractivity contribution is 5.89. The first-order valence-corrected chi connectivity index (χ1v) is 6.30. The number of nitrogens with one attached hydrogen (secondary N) is 1. The van der Waals surface area contributed by atoms with Gasteiger partial charge in [0.2, 0.25) is 0 Å². The van der Waals surface area contributed by atoms with E-state index in [0.717, 1.165) is 0 Å². The third-order valence-electron chi connectivity index (χ3n) is 2.70. The van der Waals surface area contributed by atoms with Crippen molar-refractivity contribution in [2.75, 3.05) is 20.3 Å². The van der Waals surface area contributed by atoms with Crippen LogP contribution in [-0.2, 0) is 11.3 Å². The molecule has 0 bridgehead atoms. The van der Waals surface area contributed by atoms with E-state index < -0.39 is 10.8 Å². The lowest BCUT2D eigenvalue weighted by Gasteiger charge is -1.99. The van der Waals surface area contributed by atoms with Crippen molar-refractivity contribution in [2.24, 2.45) is 0 Å². The lowest BCUT2D eigenvalue weighted by atomic mass is 10.4. The first-order valence-electron chi connectivity index (χ1n) is 6.30. The zero-order valence-corrected chi connectivity index (χ0v) is 12.0. The molecule has 118 valence electrons. The Morgan fingerprint density at radius 1 is 1.59 bits per heavy atom. The number of methoxy groups -OCH3 is 1. The van der Waals surface area contributed by atoms with Gasteiger partial charge in [0, 0.05) is 13.7 Å². The maximum absolute atomic E-state index is 11.7. The molecule has 2 aromatic rings. The van der Waals surface area contributed by atoms with Gasteiger partial charge in [0.25, 0.3) is 0 Å². The fraction of sp³-hybridized carbons (Fsp3) is 0.455. The number of hydrogen-bond donors (Lipinski definition) is 1. The predicted molar refractivity (Wildman–Crippen MR) is 71.2 cm³/mol. The van der Waals surface area contributed by atoms with Crippen LogP contribution in [0.4, 0.5) is 5.82 Å². The number of aromatic nitrogens is 4. The summed E-state index contributed by atoms with van der Waals surface area (Å²) in [4.78, 5) is 25.7. The summed E-state index contributed by atoms with van der Waals surface area (Å²) in [6.45, 7) is 2.41. The number of rotatable bonds is 7. The van der Waals surface area contributed by atoms with Crippen LogP contribution in [0.5, 0.6) is 0 Å². The Balaban J connectivity index is 2.03. The molecule has 11 nitrogen and oxygen atoms in total. The van der Waals surface area contributed by atoms with Gasteiger partial charge in [0.1, 0.15) is 6.54 Å². The summed E-state index contributed by atoms with van der Waals surface area (Å²) in [6, 6.07) is 1.33. The van der Waals surface area contributed by atoms with Gasteiger partial charge in [-0.3, -0.25) is 4.79 Å². The molecule has 11 heteroatoms. The van der Waals surface area contributed by atoms with Gasteiger partial charge in [-0.05, 0) is 11.8 Å². The highest BCUT2D eigenvalue weighted by Crippen LogP contribution is 2.12. The van der Waals surface area contributed by atoms with Crippen LogP contribution in [0.25, 0.3) is 0 Å². The molecule has 0 fully saturated rings. The van der Waals surface area contributed by atoms with Crippen LogP contribution in [-0.4, -0.2) is 51.0 Å². The Hall–Kier alpha value is -2.82. The molecule has 0 atom stereocenters. The van der Waals surface area contributed by atoms with Crippen LogP contribution in [0.15, 0.2) is 10.6 Å². The molecule has 22 heavy (non-hydrogen) atoms. The van der Waals surface area contributed by atoms with Crippen LogP contribution in [0.1, 0.15) is 22.2 Å². The van der Waals surface area contributed by atoms with Gasteiger partial charge < -0.3 is 24.7 Å². The molecule has 0 aromatic carbocycles. The molecule has 0 unspecified atom stereocenters. The molecule has 2 heterocycles. The van der Waals surface area contributed by atoms with Crippen LogP contribution in [0.2, 0.25) is 0 Å². The second-order valence-electron chi connectivity index (χ2n) is 4.32. The SMILES string of the molecule is COCCNC(=O)c1nc(Cn2nc([N+](=O)[O-])cc2C)no1. The number of nitro groups is 1. The third kappa shape index (κ3) is 3.63. The zero-order valence-electron chi connectivity index (χ0n) is 12.0. The van der Waals surface area contributed by atoms with Crippen molar-refractivity contribution in [3.8, 4) is 0 Å². The maximum atomic E-state index is 11.7. The standard InChI is InChI=1S/C11H14N6O5/c1-7-5-9(17(19)20)14-16(7)6-8-13-11(22-15-8)10(18)12-3-4-21-2/h5H,3-4,6H2,1-2H3,(H,12,18). The van der Waals surface area contributed by atoms with E-state index in [4.69, 9.17) is 9.26 Å². The summed E-state index contributed by atoms with van der Waals surface area (Å²) in [5, 5.41) is 20.6. The average Bonchev–Trinajstić information content (AvgIpc) is 3.07. The summed E-state index contributed by atoms with van der Waals surface area (Å²) in [5.74, 6) is -0.777. The lowest BCUT2D eigenvalue weighted by molar-refractivity contribution is -0.389. The first-order chi connectivity index (χ1) is 10.5. The molecule has 0 spiro atoms. The molecule has 1 amide bonds. The van der Waals surface area contributed by atoms with Crippen molar-refractivity contribution >= 4 is 11.7 Å². The van der Waals surface area contributed by atoms with E-state index in [1.165, 1.54) is 17.9 Å². The van der Waals surface area contributed by atoms with Crippen molar-refractivity contribution in [2.45, 2.75) is 13.5 Å². The molecule has 0 aliphatic rings. The van der Waals surface area contributed by atoms with E-state index in [1.807, 2.05) is 0 Å². The minimum atomic E-state index is -0.589. The third-order valence-corrected chi connectivity index (χ3v) is 2.70. The summed E-state index contributed by atoms with van der Waals surface area (Å²) in [6.07, 6.45) is 0. The molecule has 2 aromatic heterocycles.